The Kier molecular flexibility index (Phi) is 5.81. The minimum absolute atomic E-state index is 0.120. The molecule has 0 bridgehead atoms. The van der Waals surface area contributed by atoms with Gasteiger partial charge in [-0.3, -0.25) is 9.80 Å². The van der Waals surface area contributed by atoms with Crippen LogP contribution in [0.25, 0.3) is 6.08 Å². The Morgan fingerprint density at radius 1 is 1.26 bits per heavy atom. The molecule has 0 saturated carbocycles. The Balaban J connectivity index is 2.16. The van der Waals surface area contributed by atoms with Gasteiger partial charge in [0.05, 0.1) is 14.2 Å². The molecule has 6 nitrogen and oxygen atoms in total. The van der Waals surface area contributed by atoms with E-state index >= 15 is 0 Å². The third-order valence-electron chi connectivity index (χ3n) is 3.58. The molecule has 1 aliphatic heterocycles. The van der Waals surface area contributed by atoms with E-state index in [0.29, 0.717) is 23.2 Å². The van der Waals surface area contributed by atoms with Crippen molar-refractivity contribution in [2.24, 2.45) is 0 Å². The first-order chi connectivity index (χ1) is 11.1. The lowest BCUT2D eigenvalue weighted by molar-refractivity contribution is -0.133. The van der Waals surface area contributed by atoms with Crippen molar-refractivity contribution in [3.8, 4) is 11.5 Å². The molecule has 2 rings (SSSR count). The third-order valence-corrected chi connectivity index (χ3v) is 3.99. The van der Waals surface area contributed by atoms with E-state index < -0.39 is 0 Å². The topological polar surface area (TPSA) is 54.0 Å². The van der Waals surface area contributed by atoms with Crippen LogP contribution in [0.2, 0.25) is 0 Å². The van der Waals surface area contributed by atoms with Crippen LogP contribution in [0.15, 0.2) is 24.3 Å². The van der Waals surface area contributed by atoms with Crippen molar-refractivity contribution in [1.29, 1.82) is 0 Å². The average molecular weight is 335 g/mol. The number of amides is 1. The largest absolute Gasteiger partial charge is 0.497 e. The summed E-state index contributed by atoms with van der Waals surface area (Å²) in [7, 11) is 4.94. The van der Waals surface area contributed by atoms with E-state index in [0.717, 1.165) is 18.5 Å². The number of carbonyl (C=O) groups is 1. The summed E-state index contributed by atoms with van der Waals surface area (Å²) in [5.74, 6) is 1.26. The predicted molar refractivity (Wildman–Crippen MR) is 93.3 cm³/mol. The van der Waals surface area contributed by atoms with Crippen molar-refractivity contribution >= 4 is 29.3 Å². The molecule has 1 aromatic carbocycles. The van der Waals surface area contributed by atoms with Gasteiger partial charge in [-0.1, -0.05) is 0 Å². The normalized spacial score (nSPS) is 14.2. The molecule has 0 aromatic heterocycles. The Morgan fingerprint density at radius 2 is 2.00 bits per heavy atom. The minimum Gasteiger partial charge on any atom is -0.497 e. The maximum absolute atomic E-state index is 12.4. The summed E-state index contributed by atoms with van der Waals surface area (Å²) >= 11 is 5.22. The molecule has 1 aromatic rings. The number of ether oxygens (including phenoxy) is 2. The second-order valence-corrected chi connectivity index (χ2v) is 5.32. The van der Waals surface area contributed by atoms with Crippen LogP contribution in [-0.4, -0.2) is 55.4 Å². The first kappa shape index (κ1) is 17.1. The van der Waals surface area contributed by atoms with Gasteiger partial charge in [0.25, 0.3) is 5.91 Å². The molecule has 23 heavy (non-hydrogen) atoms. The van der Waals surface area contributed by atoms with Gasteiger partial charge in [0, 0.05) is 31.8 Å². The van der Waals surface area contributed by atoms with Crippen LogP contribution in [0.5, 0.6) is 11.5 Å². The summed E-state index contributed by atoms with van der Waals surface area (Å²) in [5.41, 5.74) is 0.780. The van der Waals surface area contributed by atoms with Crippen molar-refractivity contribution < 1.29 is 14.3 Å². The molecular weight excluding hydrogens is 314 g/mol. The molecule has 1 saturated heterocycles. The number of rotatable bonds is 4. The highest BCUT2D eigenvalue weighted by molar-refractivity contribution is 7.80. The Bertz CT molecular complexity index is 619. The van der Waals surface area contributed by atoms with Crippen molar-refractivity contribution in [2.45, 2.75) is 6.42 Å². The van der Waals surface area contributed by atoms with Gasteiger partial charge in [-0.15, -0.1) is 0 Å². The van der Waals surface area contributed by atoms with Gasteiger partial charge in [-0.25, -0.2) is 5.01 Å². The Morgan fingerprint density at radius 3 is 2.65 bits per heavy atom. The van der Waals surface area contributed by atoms with Crippen LogP contribution >= 0.6 is 12.2 Å². The van der Waals surface area contributed by atoms with E-state index in [-0.39, 0.29) is 5.91 Å². The predicted octanol–water partition coefficient (Wildman–Crippen LogP) is 1.67. The van der Waals surface area contributed by atoms with Crippen LogP contribution in [0, 0.1) is 0 Å². The zero-order valence-electron chi connectivity index (χ0n) is 13.5. The molecule has 0 unspecified atom stereocenters. The van der Waals surface area contributed by atoms with Gasteiger partial charge >= 0.3 is 0 Å². The summed E-state index contributed by atoms with van der Waals surface area (Å²) in [6.45, 7) is 1.39. The second-order valence-electron chi connectivity index (χ2n) is 4.93. The zero-order valence-corrected chi connectivity index (χ0v) is 14.4. The number of nitrogens with zero attached hydrogens (tertiary/aromatic N) is 2. The summed E-state index contributed by atoms with van der Waals surface area (Å²) in [6, 6.07) is 5.44. The molecule has 0 radical (unpaired) electrons. The lowest BCUT2D eigenvalue weighted by Crippen LogP contribution is -2.47. The number of hydrogen-bond acceptors (Lipinski definition) is 4. The lowest BCUT2D eigenvalue weighted by atomic mass is 10.1. The van der Waals surface area contributed by atoms with Gasteiger partial charge in [-0.2, -0.15) is 0 Å². The molecular formula is C16H21N3O3S. The Hall–Kier alpha value is -2.28. The molecule has 0 spiro atoms. The van der Waals surface area contributed by atoms with Gasteiger partial charge in [0.2, 0.25) is 0 Å². The Labute approximate surface area is 141 Å². The molecule has 1 heterocycles. The molecule has 1 fully saturated rings. The number of benzene rings is 1. The van der Waals surface area contributed by atoms with E-state index in [2.05, 4.69) is 5.32 Å². The van der Waals surface area contributed by atoms with E-state index in [1.165, 1.54) is 6.08 Å². The zero-order chi connectivity index (χ0) is 16.8. The summed E-state index contributed by atoms with van der Waals surface area (Å²) in [6.07, 6.45) is 4.14. The molecule has 1 aliphatic rings. The third kappa shape index (κ3) is 3.92. The monoisotopic (exact) mass is 335 g/mol. The summed E-state index contributed by atoms with van der Waals surface area (Å²) < 4.78 is 10.5. The SMILES string of the molecule is CNC(=S)N1CCCN1C(=O)C=Cc1cc(OC)ccc1OC. The van der Waals surface area contributed by atoms with E-state index in [1.54, 1.807) is 43.4 Å². The highest BCUT2D eigenvalue weighted by Gasteiger charge is 2.26. The van der Waals surface area contributed by atoms with Crippen LogP contribution < -0.4 is 14.8 Å². The fraction of sp³-hybridized carbons (Fsp3) is 0.375. The van der Waals surface area contributed by atoms with E-state index in [9.17, 15) is 4.79 Å². The summed E-state index contributed by atoms with van der Waals surface area (Å²) in [4.78, 5) is 12.4. The number of hydrogen-bond donors (Lipinski definition) is 1. The molecule has 124 valence electrons. The number of carbonyl (C=O) groups excluding carboxylic acids is 1. The number of nitrogens with one attached hydrogen (secondary N) is 1. The van der Waals surface area contributed by atoms with Gasteiger partial charge < -0.3 is 14.8 Å². The first-order valence-electron chi connectivity index (χ1n) is 7.31. The van der Waals surface area contributed by atoms with Crippen LogP contribution in [-0.2, 0) is 4.79 Å². The number of methoxy groups -OCH3 is 2. The molecule has 0 aliphatic carbocycles. The van der Waals surface area contributed by atoms with Gasteiger partial charge in [0.1, 0.15) is 11.5 Å². The molecule has 1 N–H and O–H groups in total. The average Bonchev–Trinajstić information content (AvgIpc) is 3.08. The van der Waals surface area contributed by atoms with Crippen molar-refractivity contribution in [1.82, 2.24) is 15.3 Å². The van der Waals surface area contributed by atoms with E-state index in [4.69, 9.17) is 21.7 Å². The standard InChI is InChI=1S/C16H21N3O3S/c1-17-16(23)19-10-4-9-18(19)15(20)8-5-12-11-13(21-2)6-7-14(12)22-3/h5-8,11H,4,9-10H2,1-3H3,(H,17,23). The maximum Gasteiger partial charge on any atom is 0.265 e. The van der Waals surface area contributed by atoms with Gasteiger partial charge in [-0.05, 0) is 42.9 Å². The van der Waals surface area contributed by atoms with Gasteiger partial charge in [0.15, 0.2) is 5.11 Å². The fourth-order valence-electron chi connectivity index (χ4n) is 2.40. The summed E-state index contributed by atoms with van der Waals surface area (Å²) in [5, 5.41) is 6.87. The van der Waals surface area contributed by atoms with Crippen molar-refractivity contribution in [2.75, 3.05) is 34.4 Å². The lowest BCUT2D eigenvalue weighted by Gasteiger charge is -2.28. The minimum atomic E-state index is -0.120. The van der Waals surface area contributed by atoms with Crippen molar-refractivity contribution in [3.05, 3.63) is 29.8 Å². The van der Waals surface area contributed by atoms with Crippen molar-refractivity contribution in [3.63, 3.8) is 0 Å². The highest BCUT2D eigenvalue weighted by atomic mass is 32.1. The van der Waals surface area contributed by atoms with Crippen LogP contribution in [0.4, 0.5) is 0 Å². The van der Waals surface area contributed by atoms with E-state index in [1.807, 2.05) is 12.1 Å². The first-order valence-corrected chi connectivity index (χ1v) is 7.72. The number of hydrazine groups is 1. The smallest absolute Gasteiger partial charge is 0.265 e. The molecule has 7 heteroatoms. The molecule has 0 atom stereocenters. The quantitative estimate of drug-likeness (QED) is 0.667. The fourth-order valence-corrected chi connectivity index (χ4v) is 2.59. The second kappa shape index (κ2) is 7.82. The highest BCUT2D eigenvalue weighted by Crippen LogP contribution is 2.25. The molecule has 1 amide bonds. The van der Waals surface area contributed by atoms with Crippen LogP contribution in [0.3, 0.4) is 0 Å². The van der Waals surface area contributed by atoms with Crippen LogP contribution in [0.1, 0.15) is 12.0 Å². The maximum atomic E-state index is 12.4. The number of thiocarbonyl (C=S) groups is 1.